The molecule has 0 fully saturated rings. The fourth-order valence-electron chi connectivity index (χ4n) is 8.17. The minimum absolute atomic E-state index is 0.0312. The first-order chi connectivity index (χ1) is 21.2. The Morgan fingerprint density at radius 2 is 0.955 bits per heavy atom. The molecular weight excluding hydrogens is 554 g/mol. The molecule has 0 atom stereocenters. The molecule has 0 aliphatic heterocycles. The van der Waals surface area contributed by atoms with E-state index in [1.807, 2.05) is 6.07 Å². The van der Waals surface area contributed by atoms with Gasteiger partial charge in [-0.1, -0.05) is 112 Å². The summed E-state index contributed by atoms with van der Waals surface area (Å²) in [6, 6.07) is 44.9. The highest BCUT2D eigenvalue weighted by molar-refractivity contribution is 6.32. The lowest BCUT2D eigenvalue weighted by Gasteiger charge is -2.22. The number of nitrogens with zero attached hydrogens (tertiary/aromatic N) is 1. The quantitative estimate of drug-likeness (QED) is 0.190. The van der Waals surface area contributed by atoms with Gasteiger partial charge in [0.1, 0.15) is 0 Å². The van der Waals surface area contributed by atoms with Crippen LogP contribution in [0.2, 0.25) is 5.02 Å². The molecular formula is C42H32ClN. The maximum Gasteiger partial charge on any atom is 0.0542 e. The summed E-state index contributed by atoms with van der Waals surface area (Å²) in [4.78, 5) is 0. The van der Waals surface area contributed by atoms with Gasteiger partial charge < -0.3 is 4.57 Å². The van der Waals surface area contributed by atoms with Crippen molar-refractivity contribution < 1.29 is 0 Å². The Morgan fingerprint density at radius 3 is 1.64 bits per heavy atom. The molecule has 0 saturated heterocycles. The molecule has 2 aliphatic carbocycles. The largest absolute Gasteiger partial charge is 0.309 e. The molecule has 0 radical (unpaired) electrons. The van der Waals surface area contributed by atoms with Gasteiger partial charge in [0.15, 0.2) is 0 Å². The summed E-state index contributed by atoms with van der Waals surface area (Å²) in [5.74, 6) is 0. The SMILES string of the molecule is CC1(C)c2ccccc2-c2ccc(-c3ccc4c(c3)c3cc(Cl)ccc3n4-c3ccc4c(c3)C(C)(C)c3ccccc3-4)cc21. The first-order valence-electron chi connectivity index (χ1n) is 15.5. The van der Waals surface area contributed by atoms with Crippen LogP contribution in [0.25, 0.3) is 60.9 Å². The van der Waals surface area contributed by atoms with Crippen LogP contribution in [0.4, 0.5) is 0 Å². The molecule has 0 N–H and O–H groups in total. The Labute approximate surface area is 263 Å². The molecule has 0 bridgehead atoms. The van der Waals surface area contributed by atoms with Crippen molar-refractivity contribution in [1.29, 1.82) is 0 Å². The standard InChI is InChI=1S/C42H32ClN/c1-41(2)35-11-7-5-9-29(35)31-17-13-26(22-37(31)41)25-14-19-39-33(21-25)34-23-27(43)15-20-40(34)44(39)28-16-18-32-30-10-6-8-12-36(30)42(3,4)38(32)24-28/h5-24H,1-4H3. The van der Waals surface area contributed by atoms with Gasteiger partial charge in [0, 0.05) is 32.3 Å². The van der Waals surface area contributed by atoms with Crippen LogP contribution >= 0.6 is 11.6 Å². The Balaban J connectivity index is 1.23. The highest BCUT2D eigenvalue weighted by Gasteiger charge is 2.36. The van der Waals surface area contributed by atoms with Gasteiger partial charge in [0.25, 0.3) is 0 Å². The molecule has 7 aromatic rings. The van der Waals surface area contributed by atoms with Crippen molar-refractivity contribution in [3.63, 3.8) is 0 Å². The smallest absolute Gasteiger partial charge is 0.0542 e. The third-order valence-corrected chi connectivity index (χ3v) is 10.7. The van der Waals surface area contributed by atoms with Gasteiger partial charge in [-0.05, 0) is 104 Å². The third-order valence-electron chi connectivity index (χ3n) is 10.5. The monoisotopic (exact) mass is 585 g/mol. The summed E-state index contributed by atoms with van der Waals surface area (Å²) in [7, 11) is 0. The Bertz CT molecular complexity index is 2350. The zero-order valence-corrected chi connectivity index (χ0v) is 26.1. The van der Waals surface area contributed by atoms with Crippen molar-refractivity contribution in [3.8, 4) is 39.1 Å². The fraction of sp³-hybridized carbons (Fsp3) is 0.143. The maximum absolute atomic E-state index is 6.63. The van der Waals surface area contributed by atoms with Gasteiger partial charge in [-0.15, -0.1) is 0 Å². The predicted octanol–water partition coefficient (Wildman–Crippen LogP) is 11.7. The lowest BCUT2D eigenvalue weighted by Crippen LogP contribution is -2.15. The molecule has 2 aliphatic rings. The van der Waals surface area contributed by atoms with Crippen LogP contribution in [0.1, 0.15) is 49.9 Å². The van der Waals surface area contributed by atoms with Gasteiger partial charge in [-0.3, -0.25) is 0 Å². The van der Waals surface area contributed by atoms with E-state index < -0.39 is 0 Å². The maximum atomic E-state index is 6.63. The summed E-state index contributed by atoms with van der Waals surface area (Å²) in [5, 5.41) is 3.14. The number of hydrogen-bond acceptors (Lipinski definition) is 0. The van der Waals surface area contributed by atoms with Crippen molar-refractivity contribution in [1.82, 2.24) is 4.57 Å². The molecule has 0 amide bonds. The topological polar surface area (TPSA) is 4.93 Å². The van der Waals surface area contributed by atoms with Crippen LogP contribution in [0.3, 0.4) is 0 Å². The zero-order chi connectivity index (χ0) is 30.0. The zero-order valence-electron chi connectivity index (χ0n) is 25.4. The highest BCUT2D eigenvalue weighted by atomic mass is 35.5. The summed E-state index contributed by atoms with van der Waals surface area (Å²) in [5.41, 5.74) is 16.9. The fourth-order valence-corrected chi connectivity index (χ4v) is 8.34. The van der Waals surface area contributed by atoms with Gasteiger partial charge in [0.2, 0.25) is 0 Å². The molecule has 212 valence electrons. The van der Waals surface area contributed by atoms with Gasteiger partial charge in [0.05, 0.1) is 11.0 Å². The molecule has 6 aromatic carbocycles. The first kappa shape index (κ1) is 25.9. The van der Waals surface area contributed by atoms with Crippen molar-refractivity contribution in [2.75, 3.05) is 0 Å². The van der Waals surface area contributed by atoms with E-state index in [9.17, 15) is 0 Å². The molecule has 2 heteroatoms. The van der Waals surface area contributed by atoms with Gasteiger partial charge in [-0.2, -0.15) is 0 Å². The van der Waals surface area contributed by atoms with E-state index in [0.717, 1.165) is 5.02 Å². The van der Waals surface area contributed by atoms with Crippen molar-refractivity contribution in [3.05, 3.63) is 149 Å². The van der Waals surface area contributed by atoms with E-state index in [0.29, 0.717) is 0 Å². The van der Waals surface area contributed by atoms with E-state index in [-0.39, 0.29) is 10.8 Å². The lowest BCUT2D eigenvalue weighted by molar-refractivity contribution is 0.660. The second-order valence-electron chi connectivity index (χ2n) is 13.6. The molecule has 0 spiro atoms. The number of halogens is 1. The number of rotatable bonds is 2. The molecule has 0 unspecified atom stereocenters. The number of aromatic nitrogens is 1. The minimum atomic E-state index is -0.0574. The van der Waals surface area contributed by atoms with Crippen LogP contribution in [-0.2, 0) is 10.8 Å². The predicted molar refractivity (Wildman–Crippen MR) is 186 cm³/mol. The Morgan fingerprint density at radius 1 is 0.455 bits per heavy atom. The molecule has 9 rings (SSSR count). The van der Waals surface area contributed by atoms with Crippen LogP contribution in [0.5, 0.6) is 0 Å². The summed E-state index contributed by atoms with van der Waals surface area (Å²) < 4.78 is 2.41. The molecule has 0 saturated carbocycles. The second-order valence-corrected chi connectivity index (χ2v) is 14.0. The molecule has 1 heterocycles. The lowest BCUT2D eigenvalue weighted by atomic mass is 9.81. The Hall–Kier alpha value is -4.59. The summed E-state index contributed by atoms with van der Waals surface area (Å²) >= 11 is 6.63. The first-order valence-corrected chi connectivity index (χ1v) is 15.8. The number of benzene rings is 6. The van der Waals surface area contributed by atoms with E-state index in [4.69, 9.17) is 11.6 Å². The van der Waals surface area contributed by atoms with E-state index in [1.54, 1.807) is 0 Å². The average molecular weight is 586 g/mol. The number of hydrogen-bond donors (Lipinski definition) is 0. The average Bonchev–Trinajstić information content (AvgIpc) is 3.57. The molecule has 1 aromatic heterocycles. The van der Waals surface area contributed by atoms with Crippen LogP contribution in [0, 0.1) is 0 Å². The second kappa shape index (κ2) is 8.74. The van der Waals surface area contributed by atoms with Crippen molar-refractivity contribution in [2.45, 2.75) is 38.5 Å². The normalized spacial score (nSPS) is 15.3. The highest BCUT2D eigenvalue weighted by Crippen LogP contribution is 2.51. The third kappa shape index (κ3) is 3.36. The van der Waals surface area contributed by atoms with Crippen molar-refractivity contribution >= 4 is 33.4 Å². The van der Waals surface area contributed by atoms with Gasteiger partial charge >= 0.3 is 0 Å². The van der Waals surface area contributed by atoms with Crippen molar-refractivity contribution in [2.24, 2.45) is 0 Å². The van der Waals surface area contributed by atoms with E-state index in [2.05, 4.69) is 148 Å². The van der Waals surface area contributed by atoms with E-state index in [1.165, 1.54) is 83.1 Å². The van der Waals surface area contributed by atoms with Gasteiger partial charge in [-0.25, -0.2) is 0 Å². The molecule has 1 nitrogen and oxygen atoms in total. The molecule has 44 heavy (non-hydrogen) atoms. The van der Waals surface area contributed by atoms with Crippen LogP contribution in [-0.4, -0.2) is 4.57 Å². The number of fused-ring (bicyclic) bond motifs is 9. The van der Waals surface area contributed by atoms with Crippen LogP contribution < -0.4 is 0 Å². The minimum Gasteiger partial charge on any atom is -0.309 e. The summed E-state index contributed by atoms with van der Waals surface area (Å²) in [6.07, 6.45) is 0. The van der Waals surface area contributed by atoms with E-state index >= 15 is 0 Å². The summed E-state index contributed by atoms with van der Waals surface area (Å²) in [6.45, 7) is 9.37. The Kier molecular flexibility index (Phi) is 5.14. The van der Waals surface area contributed by atoms with Crippen LogP contribution in [0.15, 0.2) is 121 Å².